The molecule has 28 heavy (non-hydrogen) atoms. The first-order valence-corrected chi connectivity index (χ1v) is 9.38. The summed E-state index contributed by atoms with van der Waals surface area (Å²) in [5.41, 5.74) is 3.48. The van der Waals surface area contributed by atoms with Gasteiger partial charge in [0.1, 0.15) is 5.69 Å². The van der Waals surface area contributed by atoms with Gasteiger partial charge in [0.05, 0.1) is 25.6 Å². The molecule has 0 radical (unpaired) electrons. The molecule has 7 heteroatoms. The highest BCUT2D eigenvalue weighted by Crippen LogP contribution is 2.18. The quantitative estimate of drug-likeness (QED) is 0.740. The topological polar surface area (TPSA) is 72.3 Å². The van der Waals surface area contributed by atoms with Crippen LogP contribution in [-0.4, -0.2) is 46.7 Å². The van der Waals surface area contributed by atoms with Gasteiger partial charge >= 0.3 is 0 Å². The zero-order valence-electron chi connectivity index (χ0n) is 15.8. The number of pyridine rings is 1. The van der Waals surface area contributed by atoms with E-state index in [0.717, 1.165) is 30.0 Å². The summed E-state index contributed by atoms with van der Waals surface area (Å²) in [7, 11) is 0. The minimum absolute atomic E-state index is 0.127. The third kappa shape index (κ3) is 4.04. The van der Waals surface area contributed by atoms with E-state index in [-0.39, 0.29) is 11.9 Å². The van der Waals surface area contributed by atoms with Crippen molar-refractivity contribution in [2.24, 2.45) is 0 Å². The third-order valence-electron chi connectivity index (χ3n) is 4.90. The fourth-order valence-corrected chi connectivity index (χ4v) is 3.26. The van der Waals surface area contributed by atoms with Gasteiger partial charge in [-0.1, -0.05) is 12.1 Å². The number of ether oxygens (including phenoxy) is 1. The third-order valence-corrected chi connectivity index (χ3v) is 4.90. The van der Waals surface area contributed by atoms with E-state index in [4.69, 9.17) is 4.74 Å². The minimum atomic E-state index is -0.179. The summed E-state index contributed by atoms with van der Waals surface area (Å²) in [4.78, 5) is 23.2. The number of morpholine rings is 1. The molecule has 0 saturated carbocycles. The van der Waals surface area contributed by atoms with E-state index >= 15 is 0 Å². The summed E-state index contributed by atoms with van der Waals surface area (Å²) < 4.78 is 7.33. The first-order chi connectivity index (χ1) is 13.7. The second-order valence-corrected chi connectivity index (χ2v) is 6.76. The molecule has 1 aliphatic rings. The van der Waals surface area contributed by atoms with E-state index in [2.05, 4.69) is 20.2 Å². The average Bonchev–Trinajstić information content (AvgIpc) is 3.29. The van der Waals surface area contributed by atoms with E-state index in [1.807, 2.05) is 54.1 Å². The zero-order chi connectivity index (χ0) is 19.3. The highest BCUT2D eigenvalue weighted by atomic mass is 16.5. The van der Waals surface area contributed by atoms with Crippen LogP contribution in [0.3, 0.4) is 0 Å². The first-order valence-electron chi connectivity index (χ1n) is 9.38. The van der Waals surface area contributed by atoms with Gasteiger partial charge in [0, 0.05) is 43.1 Å². The number of carbonyl (C=O) groups excluding carboxylic acids is 1. The minimum Gasteiger partial charge on any atom is -0.378 e. The number of anilines is 1. The molecule has 0 bridgehead atoms. The maximum absolute atomic E-state index is 12.7. The molecule has 0 aliphatic carbocycles. The summed E-state index contributed by atoms with van der Waals surface area (Å²) in [6, 6.07) is 11.7. The lowest BCUT2D eigenvalue weighted by Gasteiger charge is -2.28. The molecule has 0 spiro atoms. The van der Waals surface area contributed by atoms with Crippen LogP contribution in [0.4, 0.5) is 5.69 Å². The lowest BCUT2D eigenvalue weighted by molar-refractivity contribution is 0.0935. The number of nitrogens with one attached hydrogen (secondary N) is 1. The monoisotopic (exact) mass is 377 g/mol. The van der Waals surface area contributed by atoms with Gasteiger partial charge in [0.25, 0.3) is 5.91 Å². The number of benzene rings is 1. The fourth-order valence-electron chi connectivity index (χ4n) is 3.26. The lowest BCUT2D eigenvalue weighted by Crippen LogP contribution is -2.36. The average molecular weight is 377 g/mol. The van der Waals surface area contributed by atoms with Crippen LogP contribution in [0.1, 0.15) is 29.0 Å². The summed E-state index contributed by atoms with van der Waals surface area (Å²) in [5.74, 6) is -0.179. The van der Waals surface area contributed by atoms with Crippen molar-refractivity contribution in [3.05, 3.63) is 72.6 Å². The maximum Gasteiger partial charge on any atom is 0.270 e. The molecule has 144 valence electrons. The molecule has 1 fully saturated rings. The zero-order valence-corrected chi connectivity index (χ0v) is 15.8. The van der Waals surface area contributed by atoms with Crippen LogP contribution in [0.5, 0.6) is 0 Å². The van der Waals surface area contributed by atoms with Crippen molar-refractivity contribution in [2.75, 3.05) is 31.2 Å². The molecule has 7 nitrogen and oxygen atoms in total. The molecule has 0 unspecified atom stereocenters. The van der Waals surface area contributed by atoms with Crippen LogP contribution in [0.15, 0.2) is 61.3 Å². The molecule has 2 aromatic heterocycles. The Morgan fingerprint density at radius 2 is 1.89 bits per heavy atom. The smallest absolute Gasteiger partial charge is 0.270 e. The van der Waals surface area contributed by atoms with Crippen LogP contribution < -0.4 is 10.2 Å². The van der Waals surface area contributed by atoms with Gasteiger partial charge in [-0.2, -0.15) is 0 Å². The van der Waals surface area contributed by atoms with Crippen molar-refractivity contribution < 1.29 is 9.53 Å². The van der Waals surface area contributed by atoms with E-state index in [1.54, 1.807) is 18.7 Å². The van der Waals surface area contributed by atoms with E-state index in [1.165, 1.54) is 0 Å². The molecule has 1 amide bonds. The number of carbonyl (C=O) groups is 1. The fraction of sp³-hybridized carbons (Fsp3) is 0.286. The molecule has 4 rings (SSSR count). The Balaban J connectivity index is 1.43. The number of rotatable bonds is 5. The van der Waals surface area contributed by atoms with Crippen LogP contribution in [-0.2, 0) is 4.74 Å². The standard InChI is InChI=1S/C21H23N5O2/c1-16(17-2-4-18(5-3-17)26-9-8-22-15-26)24-21(27)20-14-19(6-7-23-20)25-10-12-28-13-11-25/h2-9,14-16H,10-13H2,1H3,(H,24,27)/t16-/m0/s1. The molecule has 3 aromatic rings. The van der Waals surface area contributed by atoms with Crippen molar-refractivity contribution in [2.45, 2.75) is 13.0 Å². The number of imidazole rings is 1. The van der Waals surface area contributed by atoms with Crippen LogP contribution in [0.25, 0.3) is 5.69 Å². The van der Waals surface area contributed by atoms with Gasteiger partial charge < -0.3 is 19.5 Å². The first kappa shape index (κ1) is 18.2. The van der Waals surface area contributed by atoms with Crippen molar-refractivity contribution in [1.82, 2.24) is 19.9 Å². The molecule has 1 atom stereocenters. The van der Waals surface area contributed by atoms with E-state index in [9.17, 15) is 4.79 Å². The predicted molar refractivity (Wildman–Crippen MR) is 107 cm³/mol. The largest absolute Gasteiger partial charge is 0.378 e. The van der Waals surface area contributed by atoms with Gasteiger partial charge in [0.15, 0.2) is 0 Å². The van der Waals surface area contributed by atoms with E-state index < -0.39 is 0 Å². The molecule has 1 aliphatic heterocycles. The second kappa shape index (κ2) is 8.22. The number of amides is 1. The van der Waals surface area contributed by atoms with Crippen molar-refractivity contribution >= 4 is 11.6 Å². The Hall–Kier alpha value is -3.19. The highest BCUT2D eigenvalue weighted by Gasteiger charge is 2.16. The summed E-state index contributed by atoms with van der Waals surface area (Å²) >= 11 is 0. The summed E-state index contributed by atoms with van der Waals surface area (Å²) in [6.07, 6.45) is 7.08. The number of nitrogens with zero attached hydrogens (tertiary/aromatic N) is 4. The second-order valence-electron chi connectivity index (χ2n) is 6.76. The number of hydrogen-bond acceptors (Lipinski definition) is 5. The Kier molecular flexibility index (Phi) is 5.34. The maximum atomic E-state index is 12.7. The molecule has 1 saturated heterocycles. The van der Waals surface area contributed by atoms with E-state index in [0.29, 0.717) is 18.9 Å². The molecule has 1 N–H and O–H groups in total. The van der Waals surface area contributed by atoms with Crippen molar-refractivity contribution in [3.63, 3.8) is 0 Å². The van der Waals surface area contributed by atoms with Crippen LogP contribution in [0.2, 0.25) is 0 Å². The van der Waals surface area contributed by atoms with Crippen LogP contribution >= 0.6 is 0 Å². The van der Waals surface area contributed by atoms with Crippen LogP contribution in [0, 0.1) is 0 Å². The predicted octanol–water partition coefficient (Wildman–Crippen LogP) is 2.59. The molecular weight excluding hydrogens is 354 g/mol. The van der Waals surface area contributed by atoms with Gasteiger partial charge in [-0.05, 0) is 36.8 Å². The van der Waals surface area contributed by atoms with Gasteiger partial charge in [-0.15, -0.1) is 0 Å². The Bertz CT molecular complexity index is 918. The number of hydrogen-bond donors (Lipinski definition) is 1. The number of aromatic nitrogens is 3. The lowest BCUT2D eigenvalue weighted by atomic mass is 10.1. The summed E-state index contributed by atoms with van der Waals surface area (Å²) in [6.45, 7) is 5.03. The van der Waals surface area contributed by atoms with Gasteiger partial charge in [-0.3, -0.25) is 9.78 Å². The highest BCUT2D eigenvalue weighted by molar-refractivity contribution is 5.93. The molecule has 1 aromatic carbocycles. The SMILES string of the molecule is C[C@H](NC(=O)c1cc(N2CCOCC2)ccn1)c1ccc(-n2ccnc2)cc1. The Labute approximate surface area is 164 Å². The molecule has 3 heterocycles. The van der Waals surface area contributed by atoms with Crippen molar-refractivity contribution in [3.8, 4) is 5.69 Å². The Morgan fingerprint density at radius 3 is 2.61 bits per heavy atom. The normalized spacial score (nSPS) is 15.2. The Morgan fingerprint density at radius 1 is 1.11 bits per heavy atom. The van der Waals surface area contributed by atoms with Gasteiger partial charge in [-0.25, -0.2) is 4.98 Å². The van der Waals surface area contributed by atoms with Gasteiger partial charge in [0.2, 0.25) is 0 Å². The summed E-state index contributed by atoms with van der Waals surface area (Å²) in [5, 5.41) is 3.03. The molecular formula is C21H23N5O2. The van der Waals surface area contributed by atoms with Crippen molar-refractivity contribution in [1.29, 1.82) is 0 Å².